The molecule has 0 spiro atoms. The molecule has 0 aromatic carbocycles. The molecule has 0 bridgehead atoms. The van der Waals surface area contributed by atoms with E-state index >= 15 is 0 Å². The molecule has 0 radical (unpaired) electrons. The standard InChI is InChI=1S/C45H89NO4/c1-3-5-7-9-11-13-15-17-19-20-21-22-23-24-25-27-29-31-33-35-37-39-44(49)43(41-47)46-45(50)40-42(48)38-36-34-32-30-28-26-18-16-14-12-10-8-6-4-2/h37,39,42-44,47-49H,3-36,38,40-41H2,1-2H3,(H,46,50)/b39-37+. The third-order valence-electron chi connectivity index (χ3n) is 10.6. The van der Waals surface area contributed by atoms with Crippen molar-refractivity contribution < 1.29 is 20.1 Å². The number of hydrogen-bond acceptors (Lipinski definition) is 4. The second kappa shape index (κ2) is 40.9. The summed E-state index contributed by atoms with van der Waals surface area (Å²) in [7, 11) is 0. The molecular formula is C45H89NO4. The van der Waals surface area contributed by atoms with Gasteiger partial charge in [0.15, 0.2) is 0 Å². The van der Waals surface area contributed by atoms with Gasteiger partial charge in [-0.25, -0.2) is 0 Å². The van der Waals surface area contributed by atoms with Crippen molar-refractivity contribution >= 4 is 5.91 Å². The SMILES string of the molecule is CCCCCCCCCCCCCCCCCCCCC/C=C/C(O)C(CO)NC(=O)CC(O)CCCCCCCCCCCCCCCC. The highest BCUT2D eigenvalue weighted by Gasteiger charge is 2.20. The maximum Gasteiger partial charge on any atom is 0.222 e. The Morgan fingerprint density at radius 3 is 1.16 bits per heavy atom. The number of carbonyl (C=O) groups excluding carboxylic acids is 1. The Balaban J connectivity index is 3.62. The highest BCUT2D eigenvalue weighted by molar-refractivity contribution is 5.76. The van der Waals surface area contributed by atoms with E-state index in [4.69, 9.17) is 0 Å². The Hall–Kier alpha value is -0.910. The quantitative estimate of drug-likeness (QED) is 0.0376. The van der Waals surface area contributed by atoms with Crippen LogP contribution in [0.4, 0.5) is 0 Å². The molecule has 0 saturated heterocycles. The van der Waals surface area contributed by atoms with Crippen LogP contribution in [0.5, 0.6) is 0 Å². The highest BCUT2D eigenvalue weighted by Crippen LogP contribution is 2.16. The van der Waals surface area contributed by atoms with Gasteiger partial charge in [0.1, 0.15) is 0 Å². The van der Waals surface area contributed by atoms with Crippen LogP contribution in [0.1, 0.15) is 245 Å². The van der Waals surface area contributed by atoms with Crippen LogP contribution in [-0.2, 0) is 4.79 Å². The van der Waals surface area contributed by atoms with E-state index in [9.17, 15) is 20.1 Å². The number of aliphatic hydroxyl groups excluding tert-OH is 3. The summed E-state index contributed by atoms with van der Waals surface area (Å²) < 4.78 is 0. The van der Waals surface area contributed by atoms with Gasteiger partial charge in [-0.1, -0.05) is 231 Å². The predicted octanol–water partition coefficient (Wildman–Crippen LogP) is 12.8. The lowest BCUT2D eigenvalue weighted by atomic mass is 10.0. The third kappa shape index (κ3) is 36.9. The molecule has 0 saturated carbocycles. The number of carbonyl (C=O) groups is 1. The average molecular weight is 708 g/mol. The van der Waals surface area contributed by atoms with Crippen molar-refractivity contribution in [3.05, 3.63) is 12.2 Å². The molecule has 50 heavy (non-hydrogen) atoms. The lowest BCUT2D eigenvalue weighted by Crippen LogP contribution is -2.45. The fourth-order valence-electron chi connectivity index (χ4n) is 7.11. The molecule has 0 heterocycles. The lowest BCUT2D eigenvalue weighted by Gasteiger charge is -2.21. The topological polar surface area (TPSA) is 89.8 Å². The van der Waals surface area contributed by atoms with E-state index in [-0.39, 0.29) is 18.9 Å². The summed E-state index contributed by atoms with van der Waals surface area (Å²) >= 11 is 0. The first-order chi connectivity index (χ1) is 24.5. The molecule has 3 atom stereocenters. The molecule has 0 rings (SSSR count). The van der Waals surface area contributed by atoms with Gasteiger partial charge in [0.2, 0.25) is 5.91 Å². The van der Waals surface area contributed by atoms with Gasteiger partial charge in [-0.05, 0) is 19.3 Å². The molecule has 0 aliphatic rings. The molecular weight excluding hydrogens is 618 g/mol. The molecule has 5 heteroatoms. The van der Waals surface area contributed by atoms with Gasteiger partial charge in [-0.15, -0.1) is 0 Å². The summed E-state index contributed by atoms with van der Waals surface area (Å²) in [5, 5.41) is 33.2. The maximum absolute atomic E-state index is 12.4. The van der Waals surface area contributed by atoms with Gasteiger partial charge in [0, 0.05) is 0 Å². The fraction of sp³-hybridized carbons (Fsp3) is 0.933. The van der Waals surface area contributed by atoms with Gasteiger partial charge in [-0.2, -0.15) is 0 Å². The van der Waals surface area contributed by atoms with Crippen molar-refractivity contribution in [2.24, 2.45) is 0 Å². The van der Waals surface area contributed by atoms with Crippen molar-refractivity contribution in [2.45, 2.75) is 263 Å². The Morgan fingerprint density at radius 2 is 0.820 bits per heavy atom. The zero-order valence-corrected chi connectivity index (χ0v) is 33.8. The van der Waals surface area contributed by atoms with Gasteiger partial charge in [0.25, 0.3) is 0 Å². The second-order valence-corrected chi connectivity index (χ2v) is 15.7. The van der Waals surface area contributed by atoms with E-state index in [1.54, 1.807) is 6.08 Å². The molecule has 0 fully saturated rings. The zero-order valence-electron chi connectivity index (χ0n) is 33.8. The van der Waals surface area contributed by atoms with E-state index in [1.165, 1.54) is 193 Å². The van der Waals surface area contributed by atoms with Crippen LogP contribution in [0.3, 0.4) is 0 Å². The van der Waals surface area contributed by atoms with Gasteiger partial charge in [0.05, 0.1) is 31.3 Å². The molecule has 3 unspecified atom stereocenters. The van der Waals surface area contributed by atoms with Crippen molar-refractivity contribution in [1.82, 2.24) is 5.32 Å². The Morgan fingerprint density at radius 1 is 0.500 bits per heavy atom. The molecule has 5 nitrogen and oxygen atoms in total. The number of unbranched alkanes of at least 4 members (excludes halogenated alkanes) is 32. The van der Waals surface area contributed by atoms with E-state index in [0.29, 0.717) is 6.42 Å². The van der Waals surface area contributed by atoms with Crippen molar-refractivity contribution in [3.8, 4) is 0 Å². The van der Waals surface area contributed by atoms with E-state index in [2.05, 4.69) is 19.2 Å². The van der Waals surface area contributed by atoms with E-state index in [0.717, 1.165) is 25.7 Å². The number of hydrogen-bond donors (Lipinski definition) is 4. The van der Waals surface area contributed by atoms with Crippen molar-refractivity contribution in [1.29, 1.82) is 0 Å². The zero-order chi connectivity index (χ0) is 36.6. The minimum absolute atomic E-state index is 0.0186. The predicted molar refractivity (Wildman–Crippen MR) is 218 cm³/mol. The molecule has 0 aliphatic heterocycles. The molecule has 0 aromatic rings. The summed E-state index contributed by atoms with van der Waals surface area (Å²) in [6.45, 7) is 4.23. The Labute approximate surface area is 312 Å². The monoisotopic (exact) mass is 708 g/mol. The highest BCUT2D eigenvalue weighted by atomic mass is 16.3. The van der Waals surface area contributed by atoms with Crippen molar-refractivity contribution in [2.75, 3.05) is 6.61 Å². The van der Waals surface area contributed by atoms with Crippen LogP contribution in [0.25, 0.3) is 0 Å². The minimum Gasteiger partial charge on any atom is -0.394 e. The van der Waals surface area contributed by atoms with Crippen LogP contribution in [0.15, 0.2) is 12.2 Å². The first-order valence-corrected chi connectivity index (χ1v) is 22.5. The number of allylic oxidation sites excluding steroid dienone is 1. The number of aliphatic hydroxyl groups is 3. The largest absolute Gasteiger partial charge is 0.394 e. The normalized spacial score (nSPS) is 13.6. The third-order valence-corrected chi connectivity index (χ3v) is 10.6. The Bertz CT molecular complexity index is 699. The maximum atomic E-state index is 12.4. The molecule has 298 valence electrons. The van der Waals surface area contributed by atoms with Gasteiger partial charge < -0.3 is 20.6 Å². The lowest BCUT2D eigenvalue weighted by molar-refractivity contribution is -0.124. The number of nitrogens with one attached hydrogen (secondary N) is 1. The summed E-state index contributed by atoms with van der Waals surface area (Å²) in [6, 6.07) is -0.739. The van der Waals surface area contributed by atoms with Crippen LogP contribution in [0, 0.1) is 0 Å². The molecule has 0 aliphatic carbocycles. The fourth-order valence-corrected chi connectivity index (χ4v) is 7.11. The first-order valence-electron chi connectivity index (χ1n) is 22.5. The smallest absolute Gasteiger partial charge is 0.222 e. The number of rotatable bonds is 41. The summed E-state index contributed by atoms with van der Waals surface area (Å²) in [5.41, 5.74) is 0. The van der Waals surface area contributed by atoms with Crippen LogP contribution < -0.4 is 5.32 Å². The minimum atomic E-state index is -0.924. The first kappa shape index (κ1) is 49.1. The molecule has 4 N–H and O–H groups in total. The van der Waals surface area contributed by atoms with Gasteiger partial charge in [-0.3, -0.25) is 4.79 Å². The summed E-state index contributed by atoms with van der Waals surface area (Å²) in [6.07, 6.45) is 47.8. The second-order valence-electron chi connectivity index (χ2n) is 15.7. The summed E-state index contributed by atoms with van der Waals surface area (Å²) in [4.78, 5) is 12.4. The van der Waals surface area contributed by atoms with Gasteiger partial charge >= 0.3 is 0 Å². The van der Waals surface area contributed by atoms with Crippen LogP contribution in [0.2, 0.25) is 0 Å². The Kier molecular flexibility index (Phi) is 40.1. The van der Waals surface area contributed by atoms with Crippen LogP contribution >= 0.6 is 0 Å². The molecule has 1 amide bonds. The average Bonchev–Trinajstić information content (AvgIpc) is 3.11. The van der Waals surface area contributed by atoms with Crippen LogP contribution in [-0.4, -0.2) is 46.1 Å². The summed E-state index contributed by atoms with van der Waals surface area (Å²) in [5.74, 6) is -0.312. The molecule has 0 aromatic heterocycles. The number of amides is 1. The van der Waals surface area contributed by atoms with Crippen molar-refractivity contribution in [3.63, 3.8) is 0 Å². The van der Waals surface area contributed by atoms with E-state index in [1.807, 2.05) is 6.08 Å². The van der Waals surface area contributed by atoms with E-state index < -0.39 is 18.2 Å².